The maximum absolute atomic E-state index is 10.4. The molecule has 0 amide bonds. The monoisotopic (exact) mass is 302 g/mol. The van der Waals surface area contributed by atoms with E-state index in [1.807, 2.05) is 0 Å². The molecule has 0 aromatic heterocycles. The van der Waals surface area contributed by atoms with E-state index in [9.17, 15) is 4.79 Å². The summed E-state index contributed by atoms with van der Waals surface area (Å²) in [5.74, 6) is 2.06. The van der Waals surface area contributed by atoms with Crippen molar-refractivity contribution in [3.05, 3.63) is 11.6 Å². The molecule has 20 heavy (non-hydrogen) atoms. The zero-order chi connectivity index (χ0) is 15.4. The van der Waals surface area contributed by atoms with Crippen LogP contribution in [-0.4, -0.2) is 22.6 Å². The predicted molar refractivity (Wildman–Crippen MR) is 92.5 cm³/mol. The van der Waals surface area contributed by atoms with E-state index >= 15 is 0 Å². The molecule has 0 aromatic carbocycles. The van der Waals surface area contributed by atoms with Crippen molar-refractivity contribution >= 4 is 17.7 Å². The Hall–Kier alpha value is -0.440. The molecule has 3 heteroatoms. The lowest BCUT2D eigenvalue weighted by Gasteiger charge is -2.13. The highest BCUT2D eigenvalue weighted by molar-refractivity contribution is 7.99. The molecule has 0 aliphatic heterocycles. The number of aliphatic carboxylic acids is 1. The molecule has 0 aliphatic rings. The van der Waals surface area contributed by atoms with E-state index in [2.05, 4.69) is 33.8 Å². The number of allylic oxidation sites excluding steroid dienone is 2. The van der Waals surface area contributed by atoms with Gasteiger partial charge < -0.3 is 5.11 Å². The number of rotatable bonds is 12. The van der Waals surface area contributed by atoms with E-state index in [0.717, 1.165) is 24.0 Å². The molecule has 0 bridgehead atoms. The van der Waals surface area contributed by atoms with Gasteiger partial charge in [0.15, 0.2) is 0 Å². The fourth-order valence-corrected chi connectivity index (χ4v) is 3.09. The summed E-state index contributed by atoms with van der Waals surface area (Å²) in [4.78, 5) is 10.4. The lowest BCUT2D eigenvalue weighted by Crippen LogP contribution is -2.02. The molecule has 0 rings (SSSR count). The Balaban J connectivity index is 0. The standard InChI is InChI=1S/C17H32O2S.H2/c1-14(2)7-5-8-15(3)9-6-10-16(4)11-12-20-13-17(18)19;/h7,15-16H,5-6,8-13H2,1-4H3,(H,18,19);1H. The van der Waals surface area contributed by atoms with Crippen LogP contribution in [0, 0.1) is 11.8 Å². The Bertz CT molecular complexity index is 289. The number of thioether (sulfide) groups is 1. The average molecular weight is 303 g/mol. The summed E-state index contributed by atoms with van der Waals surface area (Å²) < 4.78 is 0. The molecular weight excluding hydrogens is 268 g/mol. The smallest absolute Gasteiger partial charge is 0.313 e. The van der Waals surface area contributed by atoms with Gasteiger partial charge >= 0.3 is 5.97 Å². The van der Waals surface area contributed by atoms with Crippen LogP contribution in [0.2, 0.25) is 0 Å². The van der Waals surface area contributed by atoms with Gasteiger partial charge in [-0.05, 0) is 50.7 Å². The van der Waals surface area contributed by atoms with Crippen molar-refractivity contribution < 1.29 is 11.3 Å². The molecule has 0 radical (unpaired) electrons. The Labute approximate surface area is 130 Å². The van der Waals surface area contributed by atoms with E-state index in [-0.39, 0.29) is 7.18 Å². The quantitative estimate of drug-likeness (QED) is 0.375. The zero-order valence-electron chi connectivity index (χ0n) is 13.7. The van der Waals surface area contributed by atoms with Gasteiger partial charge in [0.2, 0.25) is 0 Å². The third-order valence-electron chi connectivity index (χ3n) is 3.59. The largest absolute Gasteiger partial charge is 0.481 e. The van der Waals surface area contributed by atoms with Crippen molar-refractivity contribution in [1.29, 1.82) is 0 Å². The average Bonchev–Trinajstić information content (AvgIpc) is 2.34. The number of carboxylic acids is 1. The highest BCUT2D eigenvalue weighted by atomic mass is 32.2. The molecule has 0 saturated heterocycles. The van der Waals surface area contributed by atoms with Crippen LogP contribution in [0.3, 0.4) is 0 Å². The first-order valence-corrected chi connectivity index (χ1v) is 9.00. The molecule has 0 aliphatic carbocycles. The predicted octanol–water partition coefficient (Wildman–Crippen LogP) is 5.63. The maximum Gasteiger partial charge on any atom is 0.313 e. The Morgan fingerprint density at radius 1 is 1.15 bits per heavy atom. The molecule has 0 spiro atoms. The second-order valence-corrected chi connectivity index (χ2v) is 7.34. The van der Waals surface area contributed by atoms with Crippen LogP contribution in [0.15, 0.2) is 11.6 Å². The second-order valence-electron chi connectivity index (χ2n) is 6.24. The van der Waals surface area contributed by atoms with Crippen LogP contribution in [0.25, 0.3) is 0 Å². The molecule has 120 valence electrons. The topological polar surface area (TPSA) is 37.3 Å². The Morgan fingerprint density at radius 3 is 2.30 bits per heavy atom. The van der Waals surface area contributed by atoms with Crippen LogP contribution in [-0.2, 0) is 4.79 Å². The van der Waals surface area contributed by atoms with Gasteiger partial charge in [-0.25, -0.2) is 0 Å². The van der Waals surface area contributed by atoms with E-state index < -0.39 is 5.97 Å². The highest BCUT2D eigenvalue weighted by Gasteiger charge is 2.06. The van der Waals surface area contributed by atoms with Gasteiger partial charge in [0.05, 0.1) is 5.75 Å². The minimum absolute atomic E-state index is 0. The van der Waals surface area contributed by atoms with Gasteiger partial charge in [0.1, 0.15) is 0 Å². The Kier molecular flexibility index (Phi) is 12.0. The fourth-order valence-electron chi connectivity index (χ4n) is 2.20. The van der Waals surface area contributed by atoms with E-state index in [4.69, 9.17) is 5.11 Å². The third kappa shape index (κ3) is 14.0. The van der Waals surface area contributed by atoms with Gasteiger partial charge in [-0.3, -0.25) is 4.79 Å². The molecule has 2 nitrogen and oxygen atoms in total. The molecule has 0 fully saturated rings. The number of carboxylic acid groups (broad SMARTS) is 1. The van der Waals surface area contributed by atoms with Crippen LogP contribution in [0.4, 0.5) is 0 Å². The Morgan fingerprint density at radius 2 is 1.75 bits per heavy atom. The number of hydrogen-bond acceptors (Lipinski definition) is 2. The van der Waals surface area contributed by atoms with Crippen molar-refractivity contribution in [3.63, 3.8) is 0 Å². The van der Waals surface area contributed by atoms with Gasteiger partial charge in [-0.2, -0.15) is 11.8 Å². The fraction of sp³-hybridized carbons (Fsp3) is 0.824. The van der Waals surface area contributed by atoms with Crippen molar-refractivity contribution in [1.82, 2.24) is 0 Å². The van der Waals surface area contributed by atoms with E-state index in [0.29, 0.717) is 0 Å². The first-order chi connectivity index (χ1) is 9.41. The summed E-state index contributed by atoms with van der Waals surface area (Å²) in [6, 6.07) is 0. The first-order valence-electron chi connectivity index (χ1n) is 7.84. The lowest BCUT2D eigenvalue weighted by molar-refractivity contribution is -0.133. The molecule has 0 saturated carbocycles. The normalized spacial score (nSPS) is 13.8. The van der Waals surface area contributed by atoms with Crippen molar-refractivity contribution in [3.8, 4) is 0 Å². The maximum atomic E-state index is 10.4. The molecule has 2 atom stereocenters. The molecule has 1 N–H and O–H groups in total. The molecule has 0 heterocycles. The summed E-state index contributed by atoms with van der Waals surface area (Å²) in [5, 5.41) is 8.56. The zero-order valence-corrected chi connectivity index (χ0v) is 14.5. The lowest BCUT2D eigenvalue weighted by atomic mass is 9.94. The van der Waals surface area contributed by atoms with E-state index in [1.54, 1.807) is 0 Å². The minimum Gasteiger partial charge on any atom is -0.481 e. The van der Waals surface area contributed by atoms with E-state index in [1.165, 1.54) is 49.4 Å². The van der Waals surface area contributed by atoms with Gasteiger partial charge in [0.25, 0.3) is 0 Å². The number of carbonyl (C=O) groups is 1. The first kappa shape index (κ1) is 19.6. The molecule has 0 aromatic rings. The summed E-state index contributed by atoms with van der Waals surface area (Å²) in [7, 11) is 0. The minimum atomic E-state index is -0.701. The van der Waals surface area contributed by atoms with Gasteiger partial charge in [-0.15, -0.1) is 0 Å². The van der Waals surface area contributed by atoms with Crippen LogP contribution in [0.1, 0.15) is 67.6 Å². The molecular formula is C17H34O2S. The summed E-state index contributed by atoms with van der Waals surface area (Å²) in [6.45, 7) is 8.96. The van der Waals surface area contributed by atoms with Gasteiger partial charge in [0, 0.05) is 1.43 Å². The SMILES string of the molecule is CC(C)=CCCC(C)CCCC(C)CCSCC(=O)O.[HH]. The third-order valence-corrected chi connectivity index (χ3v) is 4.56. The summed E-state index contributed by atoms with van der Waals surface area (Å²) >= 11 is 1.54. The summed E-state index contributed by atoms with van der Waals surface area (Å²) in [5.41, 5.74) is 1.42. The second kappa shape index (κ2) is 12.3. The van der Waals surface area contributed by atoms with Crippen LogP contribution < -0.4 is 0 Å². The summed E-state index contributed by atoms with van der Waals surface area (Å²) in [6.07, 6.45) is 9.90. The van der Waals surface area contributed by atoms with Crippen LogP contribution in [0.5, 0.6) is 0 Å². The van der Waals surface area contributed by atoms with Crippen molar-refractivity contribution in [2.24, 2.45) is 11.8 Å². The van der Waals surface area contributed by atoms with Crippen molar-refractivity contribution in [2.45, 2.75) is 66.2 Å². The molecule has 2 unspecified atom stereocenters. The van der Waals surface area contributed by atoms with Crippen molar-refractivity contribution in [2.75, 3.05) is 11.5 Å². The van der Waals surface area contributed by atoms with Crippen LogP contribution >= 0.6 is 11.8 Å². The van der Waals surface area contributed by atoms with Gasteiger partial charge in [-0.1, -0.05) is 44.8 Å². The number of hydrogen-bond donors (Lipinski definition) is 1. The highest BCUT2D eigenvalue weighted by Crippen LogP contribution is 2.20.